The summed E-state index contributed by atoms with van der Waals surface area (Å²) in [6.45, 7) is 0.658. The van der Waals surface area contributed by atoms with E-state index in [0.29, 0.717) is 59.1 Å². The summed E-state index contributed by atoms with van der Waals surface area (Å²) >= 11 is 0. The van der Waals surface area contributed by atoms with Gasteiger partial charge in [-0.2, -0.15) is 0 Å². The molecule has 4 aliphatic rings. The van der Waals surface area contributed by atoms with E-state index in [-0.39, 0.29) is 23.8 Å². The van der Waals surface area contributed by atoms with E-state index >= 15 is 0 Å². The van der Waals surface area contributed by atoms with E-state index in [2.05, 4.69) is 15.3 Å². The lowest BCUT2D eigenvalue weighted by Crippen LogP contribution is -2.41. The number of rotatable bonds is 7. The highest BCUT2D eigenvalue weighted by molar-refractivity contribution is 6.04. The highest BCUT2D eigenvalue weighted by atomic mass is 16.5. The van der Waals surface area contributed by atoms with Crippen LogP contribution in [0, 0.1) is 0 Å². The van der Waals surface area contributed by atoms with Crippen LogP contribution in [0.25, 0.3) is 16.8 Å². The molecule has 3 N–H and O–H groups in total. The van der Waals surface area contributed by atoms with Crippen molar-refractivity contribution in [3.05, 3.63) is 65.9 Å². The van der Waals surface area contributed by atoms with E-state index in [1.807, 2.05) is 33.7 Å². The lowest BCUT2D eigenvalue weighted by molar-refractivity contribution is -0.130. The van der Waals surface area contributed by atoms with E-state index in [0.717, 1.165) is 43.5 Å². The number of hydrogen-bond acceptors (Lipinski definition) is 7. The van der Waals surface area contributed by atoms with Crippen LogP contribution in [-0.2, 0) is 4.79 Å². The third-order valence-electron chi connectivity index (χ3n) is 9.08. The van der Waals surface area contributed by atoms with Crippen molar-refractivity contribution in [3.63, 3.8) is 0 Å². The zero-order valence-electron chi connectivity index (χ0n) is 23.3. The number of amides is 2. The number of imidazole rings is 1. The fourth-order valence-corrected chi connectivity index (χ4v) is 6.54. The molecule has 2 unspecified atom stereocenters. The third-order valence-corrected chi connectivity index (χ3v) is 9.08. The summed E-state index contributed by atoms with van der Waals surface area (Å²) in [4.78, 5) is 41.8. The minimum Gasteiger partial charge on any atom is -0.490 e. The number of fused-ring (bicyclic) bond motifs is 2. The van der Waals surface area contributed by atoms with Crippen LogP contribution in [-0.4, -0.2) is 54.8 Å². The van der Waals surface area contributed by atoms with Gasteiger partial charge >= 0.3 is 0 Å². The van der Waals surface area contributed by atoms with Gasteiger partial charge in [0, 0.05) is 54.6 Å². The lowest BCUT2D eigenvalue weighted by atomic mass is 9.92. The number of nitrogens with two attached hydrogens (primary N) is 1. The van der Waals surface area contributed by atoms with E-state index in [1.165, 1.54) is 18.4 Å². The molecule has 2 atom stereocenters. The molecule has 10 heteroatoms. The maximum atomic E-state index is 13.3. The Morgan fingerprint density at radius 2 is 1.83 bits per heavy atom. The van der Waals surface area contributed by atoms with Crippen molar-refractivity contribution < 1.29 is 14.3 Å². The fraction of sp³-hybridized carbons (Fsp3) is 0.406. The molecule has 4 fully saturated rings. The first-order chi connectivity index (χ1) is 20.5. The Morgan fingerprint density at radius 3 is 2.67 bits per heavy atom. The summed E-state index contributed by atoms with van der Waals surface area (Å²) in [5.41, 5.74) is 10.3. The normalized spacial score (nSPS) is 21.9. The van der Waals surface area contributed by atoms with Crippen LogP contribution in [0.1, 0.15) is 84.9 Å². The van der Waals surface area contributed by atoms with Gasteiger partial charge in [0.25, 0.3) is 5.91 Å². The zero-order chi connectivity index (χ0) is 28.4. The summed E-state index contributed by atoms with van der Waals surface area (Å²) < 4.78 is 8.38. The largest absolute Gasteiger partial charge is 0.490 e. The van der Waals surface area contributed by atoms with Crippen molar-refractivity contribution in [2.45, 2.75) is 75.3 Å². The van der Waals surface area contributed by atoms with Gasteiger partial charge in [0.2, 0.25) is 5.91 Å². The van der Waals surface area contributed by atoms with Gasteiger partial charge in [-0.15, -0.1) is 0 Å². The van der Waals surface area contributed by atoms with Crippen LogP contribution in [0.2, 0.25) is 0 Å². The Balaban J connectivity index is 1.15. The summed E-state index contributed by atoms with van der Waals surface area (Å²) in [7, 11) is 0. The van der Waals surface area contributed by atoms with E-state index in [4.69, 9.17) is 15.5 Å². The van der Waals surface area contributed by atoms with Gasteiger partial charge in [-0.05, 0) is 86.8 Å². The molecule has 214 valence electrons. The Labute approximate surface area is 243 Å². The van der Waals surface area contributed by atoms with Crippen molar-refractivity contribution in [1.29, 1.82) is 0 Å². The van der Waals surface area contributed by atoms with E-state index < -0.39 is 0 Å². The Bertz CT molecular complexity index is 1720. The van der Waals surface area contributed by atoms with E-state index in [9.17, 15) is 9.59 Å². The molecule has 5 heterocycles. The Hall–Kier alpha value is -4.47. The third kappa shape index (κ3) is 4.55. The van der Waals surface area contributed by atoms with E-state index in [1.54, 1.807) is 24.5 Å². The molecule has 10 nitrogen and oxygen atoms in total. The van der Waals surface area contributed by atoms with Gasteiger partial charge in [-0.1, -0.05) is 0 Å². The SMILES string of the molecule is Nc1nccn2c(C3CCC4CCC(=O)N4C3)nc(-c3ccc(C(=O)Nc4cc(C5CC5)ccn4)cc3OC3CC3)c12. The molecule has 8 rings (SSSR count). The summed E-state index contributed by atoms with van der Waals surface area (Å²) in [5, 5.41) is 2.96. The van der Waals surface area contributed by atoms with Crippen LogP contribution in [0.5, 0.6) is 5.75 Å². The molecule has 0 bridgehead atoms. The summed E-state index contributed by atoms with van der Waals surface area (Å²) in [5.74, 6) is 3.03. The second-order valence-corrected chi connectivity index (χ2v) is 12.1. The molecule has 1 aromatic carbocycles. The molecule has 2 aliphatic carbocycles. The number of carbonyl (C=O) groups is 2. The number of anilines is 2. The molecule has 0 radical (unpaired) electrons. The average molecular weight is 564 g/mol. The van der Waals surface area contributed by atoms with Gasteiger partial charge in [0.1, 0.15) is 34.4 Å². The van der Waals surface area contributed by atoms with Crippen molar-refractivity contribution in [2.24, 2.45) is 0 Å². The van der Waals surface area contributed by atoms with Crippen LogP contribution in [0.4, 0.5) is 11.6 Å². The van der Waals surface area contributed by atoms with Gasteiger partial charge in [-0.25, -0.2) is 15.0 Å². The first-order valence-electron chi connectivity index (χ1n) is 15.0. The summed E-state index contributed by atoms with van der Waals surface area (Å²) in [6, 6.07) is 9.79. The second-order valence-electron chi connectivity index (χ2n) is 12.1. The number of nitrogen functional groups attached to an aromatic ring is 1. The van der Waals surface area contributed by atoms with Gasteiger partial charge in [0.15, 0.2) is 0 Å². The van der Waals surface area contributed by atoms with Crippen molar-refractivity contribution in [1.82, 2.24) is 24.3 Å². The number of benzene rings is 1. The standard InChI is InChI=1S/C32H33N7O3/c33-30-29-28(37-31(38(29)14-13-35-30)21-3-5-22-6-10-27(40)39(22)17-21)24-9-4-20(15-25(24)42-23-7-8-23)32(41)36-26-16-19(11-12-34-26)18-1-2-18/h4,9,11-16,18,21-23H,1-3,5-8,10,17H2,(H2,33,35)(H,34,36,41). The van der Waals surface area contributed by atoms with Crippen LogP contribution in [0.15, 0.2) is 48.9 Å². The van der Waals surface area contributed by atoms with Crippen molar-refractivity contribution in [2.75, 3.05) is 17.6 Å². The molecule has 2 saturated carbocycles. The fourth-order valence-electron chi connectivity index (χ4n) is 6.54. The van der Waals surface area contributed by atoms with Crippen molar-refractivity contribution in [3.8, 4) is 17.0 Å². The van der Waals surface area contributed by atoms with Crippen molar-refractivity contribution >= 4 is 29.0 Å². The number of piperidine rings is 1. The maximum absolute atomic E-state index is 13.3. The number of aromatic nitrogens is 4. The smallest absolute Gasteiger partial charge is 0.256 e. The Kier molecular flexibility index (Phi) is 5.90. The number of carbonyl (C=O) groups excluding carboxylic acids is 2. The summed E-state index contributed by atoms with van der Waals surface area (Å²) in [6.07, 6.45) is 13.2. The molecule has 2 amide bonds. The minimum absolute atomic E-state index is 0.0862. The Morgan fingerprint density at radius 1 is 0.976 bits per heavy atom. The highest BCUT2D eigenvalue weighted by Crippen LogP contribution is 2.42. The molecule has 42 heavy (non-hydrogen) atoms. The highest BCUT2D eigenvalue weighted by Gasteiger charge is 2.38. The molecular formula is C32H33N7O3. The van der Waals surface area contributed by atoms with Gasteiger partial charge in [0.05, 0.1) is 6.10 Å². The number of hydrogen-bond donors (Lipinski definition) is 2. The minimum atomic E-state index is -0.244. The number of nitrogens with one attached hydrogen (secondary N) is 1. The predicted octanol–water partition coefficient (Wildman–Crippen LogP) is 4.91. The molecule has 0 spiro atoms. The molecule has 3 aromatic heterocycles. The van der Waals surface area contributed by atoms with Crippen LogP contribution >= 0.6 is 0 Å². The van der Waals surface area contributed by atoms with Crippen LogP contribution in [0.3, 0.4) is 0 Å². The second kappa shape index (κ2) is 9.82. The number of pyridine rings is 1. The topological polar surface area (TPSA) is 128 Å². The predicted molar refractivity (Wildman–Crippen MR) is 157 cm³/mol. The zero-order valence-corrected chi connectivity index (χ0v) is 23.3. The molecule has 2 aliphatic heterocycles. The number of nitrogens with zero attached hydrogens (tertiary/aromatic N) is 5. The molecule has 2 saturated heterocycles. The van der Waals surface area contributed by atoms with Crippen LogP contribution < -0.4 is 15.8 Å². The number of ether oxygens (including phenoxy) is 1. The monoisotopic (exact) mass is 563 g/mol. The first kappa shape index (κ1) is 25.3. The maximum Gasteiger partial charge on any atom is 0.256 e. The van der Waals surface area contributed by atoms with Gasteiger partial charge in [-0.3, -0.25) is 14.0 Å². The molecular weight excluding hydrogens is 530 g/mol. The first-order valence-corrected chi connectivity index (χ1v) is 15.0. The average Bonchev–Trinajstić information content (AvgIpc) is 3.94. The van der Waals surface area contributed by atoms with Gasteiger partial charge < -0.3 is 20.7 Å². The molecule has 4 aromatic rings. The quantitative estimate of drug-likeness (QED) is 0.327. The lowest BCUT2D eigenvalue weighted by Gasteiger charge is -2.34.